The zero-order valence-corrected chi connectivity index (χ0v) is 12.6. The van der Waals surface area contributed by atoms with Crippen LogP contribution in [0.15, 0.2) is 70.9 Å². The quantitative estimate of drug-likeness (QED) is 0.416. The molecule has 0 aliphatic rings. The second-order valence-corrected chi connectivity index (χ2v) is 4.89. The number of nitrogens with zero attached hydrogens (tertiary/aromatic N) is 2. The molecule has 0 fully saturated rings. The highest BCUT2D eigenvalue weighted by Gasteiger charge is 1.92. The van der Waals surface area contributed by atoms with Gasteiger partial charge in [-0.05, 0) is 48.6 Å². The molecule has 2 nitrogen and oxygen atoms in total. The minimum atomic E-state index is -0.254. The molecule has 2 aromatic rings. The topological polar surface area (TPSA) is 24.7 Å². The van der Waals surface area contributed by atoms with E-state index in [1.165, 1.54) is 17.7 Å². The van der Waals surface area contributed by atoms with Crippen LogP contribution in [0, 0.1) is 5.82 Å². The summed E-state index contributed by atoms with van der Waals surface area (Å²) in [6.07, 6.45) is 9.65. The summed E-state index contributed by atoms with van der Waals surface area (Å²) in [5.41, 5.74) is 3.13. The van der Waals surface area contributed by atoms with Gasteiger partial charge in [-0.2, -0.15) is 10.2 Å². The van der Waals surface area contributed by atoms with E-state index in [1.807, 2.05) is 19.1 Å². The fourth-order valence-electron chi connectivity index (χ4n) is 1.94. The number of halogens is 1. The van der Waals surface area contributed by atoms with Gasteiger partial charge in [0.05, 0.1) is 12.4 Å². The third-order valence-electron chi connectivity index (χ3n) is 3.17. The van der Waals surface area contributed by atoms with Crippen LogP contribution in [0.4, 0.5) is 4.39 Å². The zero-order valence-electron chi connectivity index (χ0n) is 12.6. The molecule has 0 N–H and O–H groups in total. The monoisotopic (exact) mass is 294 g/mol. The number of hydrogen-bond acceptors (Lipinski definition) is 2. The molecule has 112 valence electrons. The van der Waals surface area contributed by atoms with Gasteiger partial charge in [-0.1, -0.05) is 48.6 Å². The maximum Gasteiger partial charge on any atom is 0.123 e. The molecule has 3 heteroatoms. The van der Waals surface area contributed by atoms with Crippen molar-refractivity contribution in [1.82, 2.24) is 0 Å². The summed E-state index contributed by atoms with van der Waals surface area (Å²) < 4.78 is 12.7. The third kappa shape index (κ3) is 5.44. The highest BCUT2D eigenvalue weighted by Crippen LogP contribution is 2.06. The van der Waals surface area contributed by atoms with Crippen LogP contribution in [0.2, 0.25) is 0 Å². The normalized spacial score (nSPS) is 11.9. The van der Waals surface area contributed by atoms with Crippen molar-refractivity contribution in [3.63, 3.8) is 0 Å². The van der Waals surface area contributed by atoms with E-state index in [-0.39, 0.29) is 5.82 Å². The van der Waals surface area contributed by atoms with Crippen molar-refractivity contribution >= 4 is 12.4 Å². The van der Waals surface area contributed by atoms with Crippen molar-refractivity contribution in [2.45, 2.75) is 19.8 Å². The maximum atomic E-state index is 12.7. The van der Waals surface area contributed by atoms with Gasteiger partial charge in [-0.25, -0.2) is 4.39 Å². The zero-order chi connectivity index (χ0) is 15.6. The molecule has 0 saturated carbocycles. The second kappa shape index (κ2) is 8.67. The van der Waals surface area contributed by atoms with E-state index >= 15 is 0 Å². The van der Waals surface area contributed by atoms with Crippen LogP contribution in [-0.2, 0) is 6.42 Å². The summed E-state index contributed by atoms with van der Waals surface area (Å²) in [5, 5.41) is 7.97. The summed E-state index contributed by atoms with van der Waals surface area (Å²) in [6.45, 7) is 2.03. The number of allylic oxidation sites excluding steroid dienone is 2. The van der Waals surface area contributed by atoms with Gasteiger partial charge in [0.2, 0.25) is 0 Å². The Bertz CT molecular complexity index is 653. The summed E-state index contributed by atoms with van der Waals surface area (Å²) in [5.74, 6) is -0.254. The van der Waals surface area contributed by atoms with E-state index in [4.69, 9.17) is 0 Å². The lowest BCUT2D eigenvalue weighted by Crippen LogP contribution is -1.86. The van der Waals surface area contributed by atoms with Crippen LogP contribution >= 0.6 is 0 Å². The van der Waals surface area contributed by atoms with Gasteiger partial charge in [0.15, 0.2) is 0 Å². The van der Waals surface area contributed by atoms with Crippen molar-refractivity contribution in [1.29, 1.82) is 0 Å². The molecule has 0 amide bonds. The first-order chi connectivity index (χ1) is 10.8. The Morgan fingerprint density at radius 2 is 1.41 bits per heavy atom. The van der Waals surface area contributed by atoms with E-state index in [0.29, 0.717) is 0 Å². The minimum absolute atomic E-state index is 0.254. The first-order valence-electron chi connectivity index (χ1n) is 7.30. The number of rotatable bonds is 6. The molecular weight excluding hydrogens is 275 g/mol. The van der Waals surface area contributed by atoms with Gasteiger partial charge in [0, 0.05) is 0 Å². The lowest BCUT2D eigenvalue weighted by molar-refractivity contribution is 0.628. The predicted octanol–water partition coefficient (Wildman–Crippen LogP) is 4.79. The summed E-state index contributed by atoms with van der Waals surface area (Å²) in [6, 6.07) is 14.4. The van der Waals surface area contributed by atoms with Crippen LogP contribution in [0.25, 0.3) is 0 Å². The van der Waals surface area contributed by atoms with Gasteiger partial charge in [0.25, 0.3) is 0 Å². The Balaban J connectivity index is 1.88. The first kappa shape index (κ1) is 15.8. The Hall–Kier alpha value is -2.55. The standard InChI is InChI=1S/C19H19FN2/c1-2-3-4-5-16-6-8-17(9-7-16)14-21-22-15-18-10-12-19(20)13-11-18/h2-3,6-15H,4-5H2,1H3. The molecule has 0 aliphatic carbocycles. The molecule has 0 heterocycles. The van der Waals surface area contributed by atoms with E-state index in [0.717, 1.165) is 24.0 Å². The number of hydrogen-bond donors (Lipinski definition) is 0. The van der Waals surface area contributed by atoms with Crippen molar-refractivity contribution in [2.24, 2.45) is 10.2 Å². The molecule has 0 spiro atoms. The van der Waals surface area contributed by atoms with Gasteiger partial charge in [-0.3, -0.25) is 0 Å². The van der Waals surface area contributed by atoms with Crippen molar-refractivity contribution in [3.05, 3.63) is 83.2 Å². The van der Waals surface area contributed by atoms with Crippen LogP contribution in [0.3, 0.4) is 0 Å². The van der Waals surface area contributed by atoms with Crippen LogP contribution in [-0.4, -0.2) is 12.4 Å². The molecular formula is C19H19FN2. The lowest BCUT2D eigenvalue weighted by Gasteiger charge is -1.98. The highest BCUT2D eigenvalue weighted by atomic mass is 19.1. The predicted molar refractivity (Wildman–Crippen MR) is 91.2 cm³/mol. The lowest BCUT2D eigenvalue weighted by atomic mass is 10.1. The molecule has 2 rings (SSSR count). The molecule has 0 unspecified atom stereocenters. The molecule has 0 radical (unpaired) electrons. The number of benzene rings is 2. The average molecular weight is 294 g/mol. The van der Waals surface area contributed by atoms with Gasteiger partial charge in [0.1, 0.15) is 5.82 Å². The average Bonchev–Trinajstić information content (AvgIpc) is 2.55. The fraction of sp³-hybridized carbons (Fsp3) is 0.158. The molecule has 2 aromatic carbocycles. The highest BCUT2D eigenvalue weighted by molar-refractivity contribution is 5.82. The molecule has 0 aromatic heterocycles. The van der Waals surface area contributed by atoms with E-state index in [2.05, 4.69) is 34.5 Å². The Morgan fingerprint density at radius 1 is 0.864 bits per heavy atom. The molecule has 0 aliphatic heterocycles. The fourth-order valence-corrected chi connectivity index (χ4v) is 1.94. The Morgan fingerprint density at radius 3 is 1.95 bits per heavy atom. The van der Waals surface area contributed by atoms with Crippen LogP contribution in [0.5, 0.6) is 0 Å². The molecule has 0 saturated heterocycles. The smallest absolute Gasteiger partial charge is 0.123 e. The van der Waals surface area contributed by atoms with Gasteiger partial charge < -0.3 is 0 Å². The summed E-state index contributed by atoms with van der Waals surface area (Å²) in [7, 11) is 0. The van der Waals surface area contributed by atoms with E-state index in [1.54, 1.807) is 24.6 Å². The van der Waals surface area contributed by atoms with E-state index in [9.17, 15) is 4.39 Å². The number of aryl methyl sites for hydroxylation is 1. The second-order valence-electron chi connectivity index (χ2n) is 4.89. The van der Waals surface area contributed by atoms with Gasteiger partial charge in [-0.15, -0.1) is 0 Å². The SMILES string of the molecule is CC=CCCc1ccc(C=NN=Cc2ccc(F)cc2)cc1. The summed E-state index contributed by atoms with van der Waals surface area (Å²) in [4.78, 5) is 0. The largest absolute Gasteiger partial charge is 0.207 e. The summed E-state index contributed by atoms with van der Waals surface area (Å²) >= 11 is 0. The first-order valence-corrected chi connectivity index (χ1v) is 7.30. The van der Waals surface area contributed by atoms with E-state index < -0.39 is 0 Å². The van der Waals surface area contributed by atoms with Crippen LogP contribution < -0.4 is 0 Å². The van der Waals surface area contributed by atoms with Crippen LogP contribution in [0.1, 0.15) is 30.0 Å². The Kier molecular flexibility index (Phi) is 6.24. The van der Waals surface area contributed by atoms with Gasteiger partial charge >= 0.3 is 0 Å². The molecule has 22 heavy (non-hydrogen) atoms. The maximum absolute atomic E-state index is 12.7. The minimum Gasteiger partial charge on any atom is -0.207 e. The van der Waals surface area contributed by atoms with Crippen molar-refractivity contribution in [3.8, 4) is 0 Å². The Labute approximate surface area is 130 Å². The third-order valence-corrected chi connectivity index (χ3v) is 3.17. The molecule has 0 atom stereocenters. The van der Waals surface area contributed by atoms with Crippen molar-refractivity contribution < 1.29 is 4.39 Å². The molecule has 0 bridgehead atoms. The van der Waals surface area contributed by atoms with Crippen molar-refractivity contribution in [2.75, 3.05) is 0 Å².